The van der Waals surface area contributed by atoms with Crippen LogP contribution in [0.5, 0.6) is 0 Å². The van der Waals surface area contributed by atoms with Crippen molar-refractivity contribution in [1.29, 1.82) is 0 Å². The number of nitrogens with one attached hydrogen (secondary N) is 1. The molecular formula is C14H22N8O7S. The van der Waals surface area contributed by atoms with Crippen LogP contribution in [-0.2, 0) is 30.8 Å². The van der Waals surface area contributed by atoms with Crippen molar-refractivity contribution >= 4 is 22.3 Å². The van der Waals surface area contributed by atoms with Crippen LogP contribution < -0.4 is 11.1 Å². The molecule has 15 nitrogen and oxygen atoms in total. The number of fused-ring (bicyclic) bond motifs is 2. The molecule has 166 valence electrons. The quantitative estimate of drug-likeness (QED) is 0.357. The smallest absolute Gasteiger partial charge is 0.365 e. The lowest BCUT2D eigenvalue weighted by Crippen LogP contribution is -2.62. The maximum absolute atomic E-state index is 12.6. The molecule has 0 aliphatic carbocycles. The number of carbonyl (C=O) groups is 2. The summed E-state index contributed by atoms with van der Waals surface area (Å²) < 4.78 is 42.9. The van der Waals surface area contributed by atoms with E-state index in [1.54, 1.807) is 4.68 Å². The van der Waals surface area contributed by atoms with Gasteiger partial charge in [-0.1, -0.05) is 0 Å². The minimum atomic E-state index is -4.89. The normalized spacial score (nSPS) is 31.5. The summed E-state index contributed by atoms with van der Waals surface area (Å²) in [5, 5.41) is 14.9. The van der Waals surface area contributed by atoms with Gasteiger partial charge in [0.1, 0.15) is 6.33 Å². The highest BCUT2D eigenvalue weighted by Crippen LogP contribution is 2.38. The standard InChI is InChI=1S/C14H22N8O7S/c15-12(23)14(2-1-11-6-21(14)13(24)22(11)29-30(25,26)27)28-7-10-3-9(4-16-10)5-20-8-17-18-19-20/h8-11,16H,1-7H2,(H2,15,23)(H,25,26,27)/t9-,10-,11?,14?/m0/s1. The maximum atomic E-state index is 12.6. The van der Waals surface area contributed by atoms with E-state index in [2.05, 4.69) is 25.1 Å². The van der Waals surface area contributed by atoms with Gasteiger partial charge in [0, 0.05) is 32.1 Å². The minimum Gasteiger partial charge on any atom is -0.365 e. The summed E-state index contributed by atoms with van der Waals surface area (Å²) in [6, 6.07) is -1.64. The van der Waals surface area contributed by atoms with E-state index in [0.29, 0.717) is 18.2 Å². The first-order valence-electron chi connectivity index (χ1n) is 9.34. The van der Waals surface area contributed by atoms with Gasteiger partial charge in [-0.15, -0.1) is 9.38 Å². The Morgan fingerprint density at radius 3 is 2.93 bits per heavy atom. The van der Waals surface area contributed by atoms with Crippen LogP contribution in [-0.4, -0.2) is 92.6 Å². The van der Waals surface area contributed by atoms with Crippen molar-refractivity contribution in [2.45, 2.75) is 43.6 Å². The molecule has 0 aromatic carbocycles. The highest BCUT2D eigenvalue weighted by molar-refractivity contribution is 7.80. The average molecular weight is 446 g/mol. The molecule has 3 saturated heterocycles. The van der Waals surface area contributed by atoms with Crippen LogP contribution in [0.4, 0.5) is 4.79 Å². The number of piperidine rings is 1. The average Bonchev–Trinajstić information content (AvgIpc) is 3.39. The second kappa shape index (κ2) is 7.69. The van der Waals surface area contributed by atoms with Crippen molar-refractivity contribution < 1.29 is 31.6 Å². The number of rotatable bonds is 8. The van der Waals surface area contributed by atoms with E-state index in [-0.39, 0.29) is 38.0 Å². The number of aromatic nitrogens is 4. The van der Waals surface area contributed by atoms with Crippen molar-refractivity contribution in [1.82, 2.24) is 35.5 Å². The monoisotopic (exact) mass is 446 g/mol. The van der Waals surface area contributed by atoms with Crippen LogP contribution in [0.15, 0.2) is 6.33 Å². The van der Waals surface area contributed by atoms with Crippen LogP contribution in [0.3, 0.4) is 0 Å². The molecule has 1 aromatic rings. The van der Waals surface area contributed by atoms with Gasteiger partial charge in [-0.25, -0.2) is 9.48 Å². The fourth-order valence-corrected chi connectivity index (χ4v) is 4.64. The molecule has 4 atom stereocenters. The van der Waals surface area contributed by atoms with E-state index in [4.69, 9.17) is 15.0 Å². The zero-order chi connectivity index (χ0) is 21.5. The Balaban J connectivity index is 1.40. The number of nitrogens with zero attached hydrogens (tertiary/aromatic N) is 6. The number of hydrogen-bond acceptors (Lipinski definition) is 10. The summed E-state index contributed by atoms with van der Waals surface area (Å²) in [6.45, 7) is 1.43. The summed E-state index contributed by atoms with van der Waals surface area (Å²) in [5.41, 5.74) is 3.87. The largest absolute Gasteiger partial charge is 0.418 e. The highest BCUT2D eigenvalue weighted by atomic mass is 32.3. The molecule has 0 spiro atoms. The minimum absolute atomic E-state index is 0.0166. The molecule has 3 aliphatic heterocycles. The molecule has 4 heterocycles. The number of hydrogen-bond donors (Lipinski definition) is 3. The third kappa shape index (κ3) is 3.95. The van der Waals surface area contributed by atoms with Crippen molar-refractivity contribution in [3.63, 3.8) is 0 Å². The number of hydroxylamine groups is 2. The second-order valence-corrected chi connectivity index (χ2v) is 8.62. The van der Waals surface area contributed by atoms with Gasteiger partial charge >= 0.3 is 16.4 Å². The van der Waals surface area contributed by atoms with Crippen LogP contribution in [0.1, 0.15) is 19.3 Å². The van der Waals surface area contributed by atoms with Gasteiger partial charge in [0.15, 0.2) is 0 Å². The molecule has 0 saturated carbocycles. The number of nitrogens with two attached hydrogens (primary N) is 1. The zero-order valence-electron chi connectivity index (χ0n) is 15.8. The van der Waals surface area contributed by atoms with Crippen molar-refractivity contribution in [3.8, 4) is 0 Å². The number of amides is 3. The van der Waals surface area contributed by atoms with Gasteiger partial charge in [0.25, 0.3) is 5.91 Å². The molecule has 4 rings (SSSR count). The van der Waals surface area contributed by atoms with Gasteiger partial charge < -0.3 is 15.8 Å². The van der Waals surface area contributed by atoms with Gasteiger partial charge in [0.2, 0.25) is 5.72 Å². The van der Waals surface area contributed by atoms with E-state index in [1.807, 2.05) is 0 Å². The summed E-state index contributed by atoms with van der Waals surface area (Å²) in [4.78, 5) is 26.0. The Bertz CT molecular complexity index is 911. The molecule has 4 N–H and O–H groups in total. The lowest BCUT2D eigenvalue weighted by Gasteiger charge is -2.40. The molecule has 16 heteroatoms. The van der Waals surface area contributed by atoms with Crippen molar-refractivity contribution in [2.75, 3.05) is 19.7 Å². The third-order valence-electron chi connectivity index (χ3n) is 5.63. The summed E-state index contributed by atoms with van der Waals surface area (Å²) >= 11 is 0. The summed E-state index contributed by atoms with van der Waals surface area (Å²) in [6.07, 6.45) is 2.55. The molecule has 30 heavy (non-hydrogen) atoms. The van der Waals surface area contributed by atoms with E-state index < -0.39 is 34.1 Å². The molecular weight excluding hydrogens is 424 g/mol. The van der Waals surface area contributed by atoms with E-state index in [0.717, 1.165) is 11.3 Å². The Labute approximate surface area is 171 Å². The van der Waals surface area contributed by atoms with E-state index >= 15 is 0 Å². The number of primary amides is 1. The Kier molecular flexibility index (Phi) is 5.35. The predicted molar refractivity (Wildman–Crippen MR) is 95.2 cm³/mol. The lowest BCUT2D eigenvalue weighted by atomic mass is 9.96. The van der Waals surface area contributed by atoms with E-state index in [1.165, 1.54) is 6.33 Å². The van der Waals surface area contributed by atoms with E-state index in [9.17, 15) is 18.0 Å². The second-order valence-electron chi connectivity index (χ2n) is 7.61. The first kappa shape index (κ1) is 20.9. The van der Waals surface area contributed by atoms with Crippen LogP contribution in [0.25, 0.3) is 0 Å². The van der Waals surface area contributed by atoms with Crippen molar-refractivity contribution in [3.05, 3.63) is 6.33 Å². The van der Waals surface area contributed by atoms with Gasteiger partial charge in [-0.2, -0.15) is 13.5 Å². The van der Waals surface area contributed by atoms with Crippen LogP contribution in [0, 0.1) is 5.92 Å². The molecule has 2 bridgehead atoms. The first-order valence-corrected chi connectivity index (χ1v) is 10.7. The highest BCUT2D eigenvalue weighted by Gasteiger charge is 2.58. The molecule has 3 amide bonds. The Morgan fingerprint density at radius 1 is 1.47 bits per heavy atom. The Hall–Kier alpha value is -2.40. The number of urea groups is 1. The summed E-state index contributed by atoms with van der Waals surface area (Å²) in [7, 11) is -4.89. The van der Waals surface area contributed by atoms with Gasteiger partial charge in [-0.3, -0.25) is 14.2 Å². The summed E-state index contributed by atoms with van der Waals surface area (Å²) in [5.74, 6) is -0.597. The number of tetrazole rings is 1. The van der Waals surface area contributed by atoms with Crippen molar-refractivity contribution in [2.24, 2.45) is 11.7 Å². The predicted octanol–water partition coefficient (Wildman–Crippen LogP) is -2.52. The van der Waals surface area contributed by atoms with Gasteiger partial charge in [0.05, 0.1) is 12.6 Å². The molecule has 0 radical (unpaired) electrons. The van der Waals surface area contributed by atoms with Crippen LogP contribution in [0.2, 0.25) is 0 Å². The topological polar surface area (TPSA) is 195 Å². The molecule has 3 aliphatic rings. The van der Waals surface area contributed by atoms with Crippen LogP contribution >= 0.6 is 0 Å². The third-order valence-corrected chi connectivity index (χ3v) is 5.98. The molecule has 2 unspecified atom stereocenters. The SMILES string of the molecule is NC(=O)C1(OC[C@@H]2C[C@H](Cn3cnnn3)CN2)CCC2CN1C(=O)N2OS(=O)(=O)O. The fraction of sp³-hybridized carbons (Fsp3) is 0.786. The maximum Gasteiger partial charge on any atom is 0.418 e. The Morgan fingerprint density at radius 2 is 2.27 bits per heavy atom. The number of ether oxygens (including phenoxy) is 1. The molecule has 1 aromatic heterocycles. The first-order chi connectivity index (χ1) is 14.2. The lowest BCUT2D eigenvalue weighted by molar-refractivity contribution is -0.175. The zero-order valence-corrected chi connectivity index (χ0v) is 16.6. The fourth-order valence-electron chi connectivity index (χ4n) is 4.25. The number of carbonyl (C=O) groups excluding carboxylic acids is 2. The molecule has 3 fully saturated rings. The van der Waals surface area contributed by atoms with Gasteiger partial charge in [-0.05, 0) is 29.2 Å².